The van der Waals surface area contributed by atoms with E-state index in [1.807, 2.05) is 13.0 Å². The van der Waals surface area contributed by atoms with Crippen LogP contribution in [0.2, 0.25) is 0 Å². The molecule has 0 unspecified atom stereocenters. The zero-order chi connectivity index (χ0) is 20.3. The van der Waals surface area contributed by atoms with E-state index in [1.165, 1.54) is 13.4 Å². The molecule has 0 radical (unpaired) electrons. The average Bonchev–Trinajstić information content (AvgIpc) is 2.68. The van der Waals surface area contributed by atoms with E-state index < -0.39 is 5.97 Å². The van der Waals surface area contributed by atoms with Crippen LogP contribution in [-0.4, -0.2) is 18.2 Å². The van der Waals surface area contributed by atoms with Crippen LogP contribution in [0.4, 0.5) is 0 Å². The van der Waals surface area contributed by atoms with E-state index in [9.17, 15) is 14.7 Å². The van der Waals surface area contributed by atoms with Gasteiger partial charge >= 0.3 is 11.6 Å². The first kappa shape index (κ1) is 19.2. The van der Waals surface area contributed by atoms with Gasteiger partial charge in [0.15, 0.2) is 0 Å². The molecule has 6 heteroatoms. The lowest BCUT2D eigenvalue weighted by Crippen LogP contribution is -2.07. The minimum Gasteiger partial charge on any atom is -0.503 e. The summed E-state index contributed by atoms with van der Waals surface area (Å²) in [5.74, 6) is -0.575. The van der Waals surface area contributed by atoms with Gasteiger partial charge in [0, 0.05) is 17.0 Å². The number of hydrogen-bond acceptors (Lipinski definition) is 5. The minimum absolute atomic E-state index is 0.0392. The number of methoxy groups -OCH3 is 1. The van der Waals surface area contributed by atoms with Crippen LogP contribution in [-0.2, 0) is 16.1 Å². The Labute approximate surface area is 161 Å². The van der Waals surface area contributed by atoms with E-state index in [0.29, 0.717) is 28.0 Å². The quantitative estimate of drug-likeness (QED) is 0.394. The average molecular weight is 380 g/mol. The highest BCUT2D eigenvalue weighted by molar-refractivity contribution is 6.15. The first-order valence-electron chi connectivity index (χ1n) is 8.63. The highest BCUT2D eigenvalue weighted by Gasteiger charge is 2.15. The summed E-state index contributed by atoms with van der Waals surface area (Å²) in [4.78, 5) is 23.4. The van der Waals surface area contributed by atoms with Gasteiger partial charge in [-0.1, -0.05) is 24.3 Å². The van der Waals surface area contributed by atoms with Crippen LogP contribution in [0.25, 0.3) is 16.5 Å². The van der Waals surface area contributed by atoms with E-state index >= 15 is 0 Å². The standard InChI is InChI=1S/C22H20O6/c1-13-14(2)22(25)28-20-10-16(8-9-17(13)20)27-11-15-6-4-5-7-18(15)19(12-26-3)21(23)24/h4-10,12H,11H2,1-3H3,(H,23,24). The van der Waals surface area contributed by atoms with Gasteiger partial charge < -0.3 is 19.0 Å². The topological polar surface area (TPSA) is 86.0 Å². The number of carbonyl (C=O) groups is 1. The number of carboxylic acids is 1. The van der Waals surface area contributed by atoms with Crippen molar-refractivity contribution in [3.8, 4) is 5.75 Å². The Hall–Kier alpha value is -3.54. The molecule has 0 saturated heterocycles. The van der Waals surface area contributed by atoms with E-state index in [2.05, 4.69) is 0 Å². The monoisotopic (exact) mass is 380 g/mol. The van der Waals surface area contributed by atoms with Crippen molar-refractivity contribution in [1.29, 1.82) is 0 Å². The largest absolute Gasteiger partial charge is 0.503 e. The van der Waals surface area contributed by atoms with Crippen molar-refractivity contribution in [3.63, 3.8) is 0 Å². The minimum atomic E-state index is -1.09. The molecule has 3 rings (SSSR count). The van der Waals surface area contributed by atoms with E-state index in [4.69, 9.17) is 13.9 Å². The summed E-state index contributed by atoms with van der Waals surface area (Å²) < 4.78 is 16.1. The maximum Gasteiger partial charge on any atom is 0.339 e. The van der Waals surface area contributed by atoms with Crippen molar-refractivity contribution >= 4 is 22.5 Å². The molecule has 1 heterocycles. The first-order valence-corrected chi connectivity index (χ1v) is 8.63. The van der Waals surface area contributed by atoms with Crippen LogP contribution in [0.1, 0.15) is 22.3 Å². The Morgan fingerprint density at radius 3 is 2.61 bits per heavy atom. The molecule has 0 amide bonds. The van der Waals surface area contributed by atoms with Crippen molar-refractivity contribution < 1.29 is 23.8 Å². The fourth-order valence-electron chi connectivity index (χ4n) is 2.94. The lowest BCUT2D eigenvalue weighted by Gasteiger charge is -2.12. The summed E-state index contributed by atoms with van der Waals surface area (Å²) >= 11 is 0. The van der Waals surface area contributed by atoms with Crippen molar-refractivity contribution in [2.24, 2.45) is 0 Å². The Kier molecular flexibility index (Phi) is 5.49. The van der Waals surface area contributed by atoms with Crippen LogP contribution in [0.3, 0.4) is 0 Å². The zero-order valence-electron chi connectivity index (χ0n) is 15.8. The molecule has 0 atom stereocenters. The molecule has 0 aliphatic carbocycles. The number of fused-ring (bicyclic) bond motifs is 1. The maximum absolute atomic E-state index is 11.9. The van der Waals surface area contributed by atoms with Gasteiger partial charge in [-0.2, -0.15) is 0 Å². The summed E-state index contributed by atoms with van der Waals surface area (Å²) in [6.45, 7) is 3.75. The molecule has 1 aromatic heterocycles. The molecule has 2 aromatic carbocycles. The number of aliphatic carboxylic acids is 1. The van der Waals surface area contributed by atoms with Gasteiger partial charge in [-0.25, -0.2) is 9.59 Å². The molecule has 6 nitrogen and oxygen atoms in total. The Morgan fingerprint density at radius 1 is 1.14 bits per heavy atom. The predicted octanol–water partition coefficient (Wildman–Crippen LogP) is 4.06. The van der Waals surface area contributed by atoms with E-state index in [0.717, 1.165) is 10.9 Å². The van der Waals surface area contributed by atoms with Gasteiger partial charge in [0.1, 0.15) is 23.5 Å². The molecule has 0 spiro atoms. The van der Waals surface area contributed by atoms with Crippen LogP contribution in [0.5, 0.6) is 5.75 Å². The smallest absolute Gasteiger partial charge is 0.339 e. The van der Waals surface area contributed by atoms with Gasteiger partial charge in [0.2, 0.25) is 0 Å². The Bertz CT molecular complexity index is 1120. The Morgan fingerprint density at radius 2 is 1.89 bits per heavy atom. The van der Waals surface area contributed by atoms with Crippen LogP contribution in [0.15, 0.2) is 57.9 Å². The fraction of sp³-hybridized carbons (Fsp3) is 0.182. The maximum atomic E-state index is 11.9. The normalized spacial score (nSPS) is 11.5. The van der Waals surface area contributed by atoms with Crippen LogP contribution < -0.4 is 10.4 Å². The summed E-state index contributed by atoms with van der Waals surface area (Å²) in [6, 6.07) is 12.3. The van der Waals surface area contributed by atoms with Gasteiger partial charge in [-0.15, -0.1) is 0 Å². The first-order chi connectivity index (χ1) is 13.4. The summed E-state index contributed by atoms with van der Waals surface area (Å²) in [5, 5.41) is 10.3. The number of benzene rings is 2. The molecular weight excluding hydrogens is 360 g/mol. The van der Waals surface area contributed by atoms with Gasteiger partial charge in [0.05, 0.1) is 13.4 Å². The number of ether oxygens (including phenoxy) is 2. The molecule has 0 aliphatic rings. The molecule has 28 heavy (non-hydrogen) atoms. The molecule has 3 aromatic rings. The van der Waals surface area contributed by atoms with Gasteiger partial charge in [-0.3, -0.25) is 0 Å². The molecule has 0 fully saturated rings. The van der Waals surface area contributed by atoms with Crippen molar-refractivity contribution in [3.05, 3.63) is 81.4 Å². The third kappa shape index (κ3) is 3.76. The molecule has 1 N–H and O–H groups in total. The molecule has 0 saturated carbocycles. The highest BCUT2D eigenvalue weighted by Crippen LogP contribution is 2.26. The second-order valence-electron chi connectivity index (χ2n) is 6.32. The lowest BCUT2D eigenvalue weighted by molar-refractivity contribution is -0.130. The van der Waals surface area contributed by atoms with Crippen molar-refractivity contribution in [2.45, 2.75) is 20.5 Å². The molecular formula is C22H20O6. The zero-order valence-corrected chi connectivity index (χ0v) is 15.8. The Balaban J connectivity index is 1.91. The molecule has 0 bridgehead atoms. The highest BCUT2D eigenvalue weighted by atomic mass is 16.5. The van der Waals surface area contributed by atoms with Crippen LogP contribution >= 0.6 is 0 Å². The van der Waals surface area contributed by atoms with Crippen LogP contribution in [0, 0.1) is 13.8 Å². The fourth-order valence-corrected chi connectivity index (χ4v) is 2.94. The van der Waals surface area contributed by atoms with Crippen molar-refractivity contribution in [2.75, 3.05) is 7.11 Å². The summed E-state index contributed by atoms with van der Waals surface area (Å²) in [6.07, 6.45) is 1.19. The third-order valence-electron chi connectivity index (χ3n) is 4.60. The third-order valence-corrected chi connectivity index (χ3v) is 4.60. The molecule has 144 valence electrons. The SMILES string of the molecule is COC=C(C(=O)O)c1ccccc1COc1ccc2c(C)c(C)c(=O)oc2c1. The number of hydrogen-bond donors (Lipinski definition) is 1. The lowest BCUT2D eigenvalue weighted by atomic mass is 10.0. The van der Waals surface area contributed by atoms with Gasteiger partial charge in [0.25, 0.3) is 0 Å². The van der Waals surface area contributed by atoms with Gasteiger partial charge in [-0.05, 0) is 42.7 Å². The molecule has 0 aliphatic heterocycles. The second-order valence-corrected chi connectivity index (χ2v) is 6.32. The number of aryl methyl sites for hydroxylation is 1. The summed E-state index contributed by atoms with van der Waals surface area (Å²) in [5.41, 5.74) is 2.77. The van der Waals surface area contributed by atoms with E-state index in [1.54, 1.807) is 43.3 Å². The number of rotatable bonds is 6. The van der Waals surface area contributed by atoms with E-state index in [-0.39, 0.29) is 17.8 Å². The predicted molar refractivity (Wildman–Crippen MR) is 105 cm³/mol. The summed E-state index contributed by atoms with van der Waals surface area (Å²) in [7, 11) is 1.40. The second kappa shape index (κ2) is 8.00. The number of carboxylic acid groups (broad SMARTS) is 1. The van der Waals surface area contributed by atoms with Crippen molar-refractivity contribution in [1.82, 2.24) is 0 Å².